The Morgan fingerprint density at radius 2 is 2.27 bits per heavy atom. The highest BCUT2D eigenvalue weighted by molar-refractivity contribution is 7.88. The predicted octanol–water partition coefficient (Wildman–Crippen LogP) is 1.35. The molecule has 0 aromatic carbocycles. The Morgan fingerprint density at radius 1 is 1.41 bits per heavy atom. The fraction of sp³-hybridized carbons (Fsp3) is 0.500. The van der Waals surface area contributed by atoms with Gasteiger partial charge in [0.25, 0.3) is 0 Å². The molecule has 1 unspecified atom stereocenters. The van der Waals surface area contributed by atoms with Crippen LogP contribution in [0.25, 0.3) is 11.6 Å². The summed E-state index contributed by atoms with van der Waals surface area (Å²) in [6.45, 7) is 1.15. The molecule has 0 radical (unpaired) electrons. The van der Waals surface area contributed by atoms with E-state index in [9.17, 15) is 8.42 Å². The molecule has 1 aliphatic rings. The summed E-state index contributed by atoms with van der Waals surface area (Å²) in [6.07, 6.45) is 10.2. The van der Waals surface area contributed by atoms with Crippen molar-refractivity contribution >= 4 is 10.0 Å². The molecule has 22 heavy (non-hydrogen) atoms. The predicted molar refractivity (Wildman–Crippen MR) is 80.4 cm³/mol. The summed E-state index contributed by atoms with van der Waals surface area (Å²) in [5.41, 5.74) is 1.43. The highest BCUT2D eigenvalue weighted by atomic mass is 32.2. The van der Waals surface area contributed by atoms with Gasteiger partial charge in [0, 0.05) is 19.3 Å². The number of rotatable bonds is 4. The van der Waals surface area contributed by atoms with Crippen molar-refractivity contribution in [2.75, 3.05) is 19.3 Å². The Hall–Kier alpha value is -1.80. The van der Waals surface area contributed by atoms with Gasteiger partial charge in [-0.2, -0.15) is 0 Å². The minimum absolute atomic E-state index is 0.262. The quantitative estimate of drug-likeness (QED) is 0.844. The van der Waals surface area contributed by atoms with E-state index in [4.69, 9.17) is 4.42 Å². The topological polar surface area (TPSA) is 89.2 Å². The zero-order valence-corrected chi connectivity index (χ0v) is 13.2. The molecule has 0 amide bonds. The maximum Gasteiger partial charge on any atom is 0.246 e. The van der Waals surface area contributed by atoms with Crippen LogP contribution in [0.2, 0.25) is 0 Å². The van der Waals surface area contributed by atoms with E-state index in [0.29, 0.717) is 31.1 Å². The lowest BCUT2D eigenvalue weighted by Gasteiger charge is -2.30. The summed E-state index contributed by atoms with van der Waals surface area (Å²) in [4.78, 5) is 12.8. The normalized spacial score (nSPS) is 20.1. The first-order chi connectivity index (χ1) is 10.5. The number of hydrogen-bond acceptors (Lipinski definition) is 6. The summed E-state index contributed by atoms with van der Waals surface area (Å²) >= 11 is 0. The first-order valence-corrected chi connectivity index (χ1v) is 9.03. The lowest BCUT2D eigenvalue weighted by molar-refractivity contribution is 0.265. The van der Waals surface area contributed by atoms with E-state index < -0.39 is 10.0 Å². The van der Waals surface area contributed by atoms with Crippen molar-refractivity contribution in [3.8, 4) is 11.6 Å². The summed E-state index contributed by atoms with van der Waals surface area (Å²) in [7, 11) is -3.12. The monoisotopic (exact) mass is 322 g/mol. The summed E-state index contributed by atoms with van der Waals surface area (Å²) in [6, 6.07) is 0. The van der Waals surface area contributed by atoms with Gasteiger partial charge in [-0.25, -0.2) is 22.7 Å². The van der Waals surface area contributed by atoms with E-state index in [2.05, 4.69) is 15.0 Å². The van der Waals surface area contributed by atoms with Crippen LogP contribution in [-0.4, -0.2) is 47.0 Å². The molecule has 1 saturated heterocycles. The second-order valence-electron chi connectivity index (χ2n) is 5.57. The van der Waals surface area contributed by atoms with Gasteiger partial charge in [0.15, 0.2) is 0 Å². The third-order valence-corrected chi connectivity index (χ3v) is 5.05. The van der Waals surface area contributed by atoms with Crippen molar-refractivity contribution in [3.05, 3.63) is 30.5 Å². The highest BCUT2D eigenvalue weighted by Crippen LogP contribution is 2.22. The van der Waals surface area contributed by atoms with E-state index in [-0.39, 0.29) is 5.92 Å². The number of oxazole rings is 1. The van der Waals surface area contributed by atoms with Crippen molar-refractivity contribution in [1.29, 1.82) is 0 Å². The Kier molecular flexibility index (Phi) is 4.21. The van der Waals surface area contributed by atoms with Crippen molar-refractivity contribution in [1.82, 2.24) is 19.3 Å². The lowest BCUT2D eigenvalue weighted by Crippen LogP contribution is -2.39. The molecule has 0 aliphatic carbocycles. The molecule has 1 atom stereocenters. The van der Waals surface area contributed by atoms with Gasteiger partial charge < -0.3 is 4.42 Å². The Balaban J connectivity index is 1.72. The molecule has 2 aromatic rings. The minimum Gasteiger partial charge on any atom is -0.443 e. The zero-order valence-electron chi connectivity index (χ0n) is 12.3. The van der Waals surface area contributed by atoms with Crippen LogP contribution in [0, 0.1) is 5.92 Å². The second-order valence-corrected chi connectivity index (χ2v) is 7.55. The van der Waals surface area contributed by atoms with Gasteiger partial charge in [-0.1, -0.05) is 0 Å². The third kappa shape index (κ3) is 3.50. The van der Waals surface area contributed by atoms with E-state index in [1.807, 2.05) is 0 Å². The second kappa shape index (κ2) is 6.13. The SMILES string of the molecule is CS(=O)(=O)N1CCCC(Cc2cncc(-c3ncco3)n2)C1. The molecule has 3 rings (SSSR count). The smallest absolute Gasteiger partial charge is 0.246 e. The van der Waals surface area contributed by atoms with Gasteiger partial charge in [0.05, 0.1) is 24.3 Å². The van der Waals surface area contributed by atoms with Gasteiger partial charge in [-0.3, -0.25) is 4.98 Å². The molecule has 1 aliphatic heterocycles. The van der Waals surface area contributed by atoms with Crippen molar-refractivity contribution < 1.29 is 12.8 Å². The number of hydrogen-bond donors (Lipinski definition) is 0. The molecule has 2 aromatic heterocycles. The number of piperidine rings is 1. The van der Waals surface area contributed by atoms with Crippen LogP contribution in [0.4, 0.5) is 0 Å². The fourth-order valence-electron chi connectivity index (χ4n) is 2.75. The summed E-state index contributed by atoms with van der Waals surface area (Å²) < 4.78 is 30.1. The van der Waals surface area contributed by atoms with Crippen LogP contribution in [0.5, 0.6) is 0 Å². The molecule has 7 nitrogen and oxygen atoms in total. The van der Waals surface area contributed by atoms with E-state index in [0.717, 1.165) is 18.5 Å². The first-order valence-electron chi connectivity index (χ1n) is 7.18. The maximum atomic E-state index is 11.7. The number of sulfonamides is 1. The Morgan fingerprint density at radius 3 is 3.00 bits per heavy atom. The van der Waals surface area contributed by atoms with Gasteiger partial charge in [-0.15, -0.1) is 0 Å². The van der Waals surface area contributed by atoms with Gasteiger partial charge in [0.1, 0.15) is 12.0 Å². The lowest BCUT2D eigenvalue weighted by atomic mass is 9.95. The Bertz CT molecular complexity index is 730. The molecular weight excluding hydrogens is 304 g/mol. The van der Waals surface area contributed by atoms with Gasteiger partial charge >= 0.3 is 0 Å². The molecule has 0 saturated carbocycles. The van der Waals surface area contributed by atoms with E-state index in [1.54, 1.807) is 22.9 Å². The van der Waals surface area contributed by atoms with Crippen LogP contribution >= 0.6 is 0 Å². The fourth-order valence-corrected chi connectivity index (χ4v) is 3.69. The molecule has 1 fully saturated rings. The van der Waals surface area contributed by atoms with Crippen LogP contribution in [0.15, 0.2) is 29.3 Å². The van der Waals surface area contributed by atoms with Crippen LogP contribution < -0.4 is 0 Å². The summed E-state index contributed by atoms with van der Waals surface area (Å²) in [5.74, 6) is 0.702. The van der Waals surface area contributed by atoms with Crippen LogP contribution in [0.3, 0.4) is 0 Å². The van der Waals surface area contributed by atoms with E-state index >= 15 is 0 Å². The molecule has 8 heteroatoms. The minimum atomic E-state index is -3.12. The van der Waals surface area contributed by atoms with Crippen molar-refractivity contribution in [2.24, 2.45) is 5.92 Å². The number of aromatic nitrogens is 3. The maximum absolute atomic E-state index is 11.7. The third-order valence-electron chi connectivity index (χ3n) is 3.78. The molecule has 0 bridgehead atoms. The first kappa shape index (κ1) is 15.1. The molecule has 0 N–H and O–H groups in total. The summed E-state index contributed by atoms with van der Waals surface area (Å²) in [5, 5.41) is 0. The molecule has 118 valence electrons. The van der Waals surface area contributed by atoms with Crippen LogP contribution in [0.1, 0.15) is 18.5 Å². The average molecular weight is 322 g/mol. The average Bonchev–Trinajstić information content (AvgIpc) is 3.01. The van der Waals surface area contributed by atoms with Gasteiger partial charge in [0.2, 0.25) is 15.9 Å². The molecule has 3 heterocycles. The van der Waals surface area contributed by atoms with Crippen molar-refractivity contribution in [3.63, 3.8) is 0 Å². The molecular formula is C14H18N4O3S. The zero-order chi connectivity index (χ0) is 15.6. The van der Waals surface area contributed by atoms with Gasteiger partial charge in [-0.05, 0) is 25.2 Å². The largest absolute Gasteiger partial charge is 0.443 e. The van der Waals surface area contributed by atoms with Crippen molar-refractivity contribution in [2.45, 2.75) is 19.3 Å². The Labute approximate surface area is 129 Å². The number of nitrogens with zero attached hydrogens (tertiary/aromatic N) is 4. The molecule has 0 spiro atoms. The van der Waals surface area contributed by atoms with Crippen LogP contribution in [-0.2, 0) is 16.4 Å². The standard InChI is InChI=1S/C14H18N4O3S/c1-22(19,20)18-5-2-3-11(10-18)7-12-8-15-9-13(17-12)14-16-4-6-21-14/h4,6,8-9,11H,2-3,5,7,10H2,1H3. The highest BCUT2D eigenvalue weighted by Gasteiger charge is 2.26. The van der Waals surface area contributed by atoms with E-state index in [1.165, 1.54) is 12.5 Å².